The SMILES string of the molecule is CC1COCCSCCS1. The van der Waals surface area contributed by atoms with E-state index in [9.17, 15) is 0 Å². The molecule has 0 aromatic rings. The number of hydrogen-bond donors (Lipinski definition) is 0. The summed E-state index contributed by atoms with van der Waals surface area (Å²) in [6.07, 6.45) is 0. The van der Waals surface area contributed by atoms with Crippen LogP contribution in [0.1, 0.15) is 6.92 Å². The number of thioether (sulfide) groups is 2. The standard InChI is InChI=1S/C7H14OS2/c1-7-6-8-2-3-9-4-5-10-7/h7H,2-6H2,1H3. The van der Waals surface area contributed by atoms with Gasteiger partial charge >= 0.3 is 0 Å². The maximum absolute atomic E-state index is 5.43. The van der Waals surface area contributed by atoms with E-state index in [2.05, 4.69) is 6.92 Å². The summed E-state index contributed by atoms with van der Waals surface area (Å²) in [5, 5.41) is 0.693. The molecule has 0 aliphatic carbocycles. The summed E-state index contributed by atoms with van der Waals surface area (Å²) >= 11 is 4.02. The maximum Gasteiger partial charge on any atom is 0.0582 e. The predicted octanol–water partition coefficient (Wildman–Crippen LogP) is 1.87. The van der Waals surface area contributed by atoms with Crippen LogP contribution in [-0.4, -0.2) is 35.7 Å². The van der Waals surface area contributed by atoms with Gasteiger partial charge in [-0.1, -0.05) is 6.92 Å². The first-order valence-corrected chi connectivity index (χ1v) is 5.87. The number of hydrogen-bond acceptors (Lipinski definition) is 3. The van der Waals surface area contributed by atoms with E-state index < -0.39 is 0 Å². The van der Waals surface area contributed by atoms with E-state index >= 15 is 0 Å². The largest absolute Gasteiger partial charge is 0.379 e. The second-order valence-electron chi connectivity index (χ2n) is 2.37. The van der Waals surface area contributed by atoms with Gasteiger partial charge in [0.1, 0.15) is 0 Å². The van der Waals surface area contributed by atoms with Crippen molar-refractivity contribution in [2.45, 2.75) is 12.2 Å². The van der Waals surface area contributed by atoms with Crippen LogP contribution in [0.3, 0.4) is 0 Å². The molecule has 1 saturated heterocycles. The highest BCUT2D eigenvalue weighted by Gasteiger charge is 2.04. The molecule has 0 aromatic heterocycles. The average molecular weight is 178 g/mol. The highest BCUT2D eigenvalue weighted by Crippen LogP contribution is 2.15. The summed E-state index contributed by atoms with van der Waals surface area (Å²) in [6, 6.07) is 0. The van der Waals surface area contributed by atoms with Gasteiger partial charge in [-0.15, -0.1) is 0 Å². The van der Waals surface area contributed by atoms with Crippen LogP contribution in [0.4, 0.5) is 0 Å². The van der Waals surface area contributed by atoms with Gasteiger partial charge in [0.15, 0.2) is 0 Å². The molecule has 0 N–H and O–H groups in total. The molecule has 3 heteroatoms. The lowest BCUT2D eigenvalue weighted by Gasteiger charge is -2.07. The molecule has 0 bridgehead atoms. The van der Waals surface area contributed by atoms with Crippen LogP contribution in [-0.2, 0) is 4.74 Å². The average Bonchev–Trinajstić information content (AvgIpc) is 2.02. The zero-order valence-corrected chi connectivity index (χ0v) is 7.97. The summed E-state index contributed by atoms with van der Waals surface area (Å²) in [7, 11) is 0. The van der Waals surface area contributed by atoms with E-state index in [-0.39, 0.29) is 0 Å². The fourth-order valence-corrected chi connectivity index (χ4v) is 2.72. The van der Waals surface area contributed by atoms with Gasteiger partial charge in [-0.05, 0) is 0 Å². The van der Waals surface area contributed by atoms with E-state index in [0.717, 1.165) is 13.2 Å². The second-order valence-corrected chi connectivity index (χ2v) is 5.14. The van der Waals surface area contributed by atoms with Crippen molar-refractivity contribution in [2.75, 3.05) is 30.5 Å². The first-order valence-electron chi connectivity index (χ1n) is 3.66. The molecule has 60 valence electrons. The van der Waals surface area contributed by atoms with Crippen LogP contribution in [0.5, 0.6) is 0 Å². The lowest BCUT2D eigenvalue weighted by Crippen LogP contribution is -2.08. The Kier molecular flexibility index (Phi) is 4.66. The summed E-state index contributed by atoms with van der Waals surface area (Å²) in [4.78, 5) is 0. The minimum absolute atomic E-state index is 0.693. The minimum Gasteiger partial charge on any atom is -0.379 e. The monoisotopic (exact) mass is 178 g/mol. The zero-order valence-electron chi connectivity index (χ0n) is 6.34. The van der Waals surface area contributed by atoms with Crippen LogP contribution in [0.25, 0.3) is 0 Å². The molecule has 1 nitrogen and oxygen atoms in total. The Hall–Kier alpha value is 0.660. The Balaban J connectivity index is 2.15. The molecule has 10 heavy (non-hydrogen) atoms. The molecule has 1 fully saturated rings. The topological polar surface area (TPSA) is 9.23 Å². The number of ether oxygens (including phenoxy) is 1. The fraction of sp³-hybridized carbons (Fsp3) is 1.00. The van der Waals surface area contributed by atoms with Gasteiger partial charge in [-0.3, -0.25) is 0 Å². The van der Waals surface area contributed by atoms with Crippen molar-refractivity contribution < 1.29 is 4.74 Å². The van der Waals surface area contributed by atoms with Crippen molar-refractivity contribution in [3.8, 4) is 0 Å². The Morgan fingerprint density at radius 2 is 2.20 bits per heavy atom. The third-order valence-electron chi connectivity index (χ3n) is 1.35. The Morgan fingerprint density at radius 3 is 3.10 bits per heavy atom. The molecule has 1 rings (SSSR count). The van der Waals surface area contributed by atoms with Gasteiger partial charge in [0.05, 0.1) is 13.2 Å². The molecule has 0 saturated carbocycles. The van der Waals surface area contributed by atoms with Crippen LogP contribution in [0.2, 0.25) is 0 Å². The van der Waals surface area contributed by atoms with Crippen LogP contribution in [0, 0.1) is 0 Å². The minimum atomic E-state index is 0.693. The highest BCUT2D eigenvalue weighted by molar-refractivity contribution is 8.03. The van der Waals surface area contributed by atoms with Gasteiger partial charge in [0.25, 0.3) is 0 Å². The molecule has 0 aromatic carbocycles. The predicted molar refractivity (Wildman–Crippen MR) is 50.1 cm³/mol. The third-order valence-corrected chi connectivity index (χ3v) is 3.71. The summed E-state index contributed by atoms with van der Waals surface area (Å²) in [5.41, 5.74) is 0. The van der Waals surface area contributed by atoms with E-state index in [4.69, 9.17) is 4.74 Å². The molecule has 0 amide bonds. The molecule has 1 aliphatic heterocycles. The lowest BCUT2D eigenvalue weighted by molar-refractivity contribution is 0.154. The summed E-state index contributed by atoms with van der Waals surface area (Å²) < 4.78 is 5.43. The summed E-state index contributed by atoms with van der Waals surface area (Å²) in [6.45, 7) is 4.11. The third kappa shape index (κ3) is 3.74. The second kappa shape index (κ2) is 5.33. The quantitative estimate of drug-likeness (QED) is 0.560. The first-order chi connectivity index (χ1) is 4.89. The molecule has 1 aliphatic rings. The molecular weight excluding hydrogens is 164 g/mol. The van der Waals surface area contributed by atoms with Crippen LogP contribution >= 0.6 is 23.5 Å². The smallest absolute Gasteiger partial charge is 0.0582 e. The van der Waals surface area contributed by atoms with Gasteiger partial charge in [-0.25, -0.2) is 0 Å². The highest BCUT2D eigenvalue weighted by atomic mass is 32.2. The van der Waals surface area contributed by atoms with Gasteiger partial charge in [0.2, 0.25) is 0 Å². The molecule has 1 atom stereocenters. The molecule has 0 spiro atoms. The van der Waals surface area contributed by atoms with Crippen LogP contribution in [0.15, 0.2) is 0 Å². The van der Waals surface area contributed by atoms with Crippen molar-refractivity contribution in [3.05, 3.63) is 0 Å². The zero-order chi connectivity index (χ0) is 7.23. The summed E-state index contributed by atoms with van der Waals surface area (Å²) in [5.74, 6) is 3.75. The normalized spacial score (nSPS) is 30.3. The van der Waals surface area contributed by atoms with E-state index in [1.165, 1.54) is 17.3 Å². The van der Waals surface area contributed by atoms with Crippen LogP contribution < -0.4 is 0 Å². The first kappa shape index (κ1) is 8.75. The Morgan fingerprint density at radius 1 is 1.30 bits per heavy atom. The van der Waals surface area contributed by atoms with Crippen molar-refractivity contribution in [1.29, 1.82) is 0 Å². The molecule has 0 radical (unpaired) electrons. The van der Waals surface area contributed by atoms with Crippen molar-refractivity contribution in [3.63, 3.8) is 0 Å². The number of rotatable bonds is 0. The van der Waals surface area contributed by atoms with Crippen molar-refractivity contribution in [1.82, 2.24) is 0 Å². The maximum atomic E-state index is 5.43. The van der Waals surface area contributed by atoms with Crippen molar-refractivity contribution in [2.24, 2.45) is 0 Å². The Bertz CT molecular complexity index is 77.7. The van der Waals surface area contributed by atoms with Crippen molar-refractivity contribution >= 4 is 23.5 Å². The fourth-order valence-electron chi connectivity index (χ4n) is 0.826. The van der Waals surface area contributed by atoms with E-state index in [1.54, 1.807) is 0 Å². The lowest BCUT2D eigenvalue weighted by atomic mass is 10.5. The Labute approximate surface area is 71.3 Å². The van der Waals surface area contributed by atoms with Gasteiger partial charge in [0, 0.05) is 22.5 Å². The van der Waals surface area contributed by atoms with E-state index in [1.807, 2.05) is 23.5 Å². The van der Waals surface area contributed by atoms with E-state index in [0.29, 0.717) is 5.25 Å². The molecule has 1 unspecified atom stereocenters. The van der Waals surface area contributed by atoms with Gasteiger partial charge in [-0.2, -0.15) is 23.5 Å². The van der Waals surface area contributed by atoms with Gasteiger partial charge < -0.3 is 4.74 Å². The molecule has 1 heterocycles. The molecular formula is C7H14OS2.